The first-order valence-corrected chi connectivity index (χ1v) is 6.91. The van der Waals surface area contributed by atoms with E-state index in [-0.39, 0.29) is 12.6 Å². The van der Waals surface area contributed by atoms with E-state index in [2.05, 4.69) is 29.4 Å². The lowest BCUT2D eigenvalue weighted by molar-refractivity contribution is 0.220. The van der Waals surface area contributed by atoms with Crippen molar-refractivity contribution in [3.8, 4) is 11.5 Å². The van der Waals surface area contributed by atoms with E-state index in [4.69, 9.17) is 4.42 Å². The number of aliphatic hydroxyl groups excluding tert-OH is 1. The molecule has 108 valence electrons. The standard InChI is InChI=1S/C15H21N3O2/c1-11(2)8-13(10-19)16-9-14-17-18-15(20-14)12-6-4-3-5-7-12/h3-7,11,13,16,19H,8-10H2,1-2H3. The Morgan fingerprint density at radius 2 is 1.95 bits per heavy atom. The predicted octanol–water partition coefficient (Wildman–Crippen LogP) is 2.23. The van der Waals surface area contributed by atoms with Crippen LogP contribution in [-0.2, 0) is 6.54 Å². The minimum atomic E-state index is 0.0575. The molecular formula is C15H21N3O2. The summed E-state index contributed by atoms with van der Waals surface area (Å²) in [5.41, 5.74) is 0.909. The molecule has 0 aliphatic carbocycles. The van der Waals surface area contributed by atoms with E-state index in [9.17, 15) is 5.11 Å². The molecule has 0 aliphatic heterocycles. The molecule has 5 heteroatoms. The average molecular weight is 275 g/mol. The number of benzene rings is 1. The van der Waals surface area contributed by atoms with Gasteiger partial charge in [-0.25, -0.2) is 0 Å². The number of hydrogen-bond donors (Lipinski definition) is 2. The molecule has 0 aliphatic rings. The molecule has 2 N–H and O–H groups in total. The van der Waals surface area contributed by atoms with Crippen LogP contribution in [0.25, 0.3) is 11.5 Å². The summed E-state index contributed by atoms with van der Waals surface area (Å²) in [6, 6.07) is 9.73. The molecule has 1 aromatic heterocycles. The van der Waals surface area contributed by atoms with Gasteiger partial charge in [0, 0.05) is 11.6 Å². The second-order valence-electron chi connectivity index (χ2n) is 5.26. The highest BCUT2D eigenvalue weighted by atomic mass is 16.4. The number of hydrogen-bond acceptors (Lipinski definition) is 5. The molecule has 0 fully saturated rings. The number of nitrogens with one attached hydrogen (secondary N) is 1. The summed E-state index contributed by atoms with van der Waals surface area (Å²) >= 11 is 0. The maximum Gasteiger partial charge on any atom is 0.247 e. The van der Waals surface area contributed by atoms with Gasteiger partial charge in [-0.15, -0.1) is 10.2 Å². The van der Waals surface area contributed by atoms with Gasteiger partial charge >= 0.3 is 0 Å². The van der Waals surface area contributed by atoms with Gasteiger partial charge in [0.2, 0.25) is 11.8 Å². The molecule has 0 amide bonds. The Morgan fingerprint density at radius 3 is 2.60 bits per heavy atom. The average Bonchev–Trinajstić information content (AvgIpc) is 2.93. The van der Waals surface area contributed by atoms with Crippen molar-refractivity contribution in [2.24, 2.45) is 5.92 Å². The molecule has 1 heterocycles. The van der Waals surface area contributed by atoms with Crippen LogP contribution in [-0.4, -0.2) is 28.0 Å². The van der Waals surface area contributed by atoms with Gasteiger partial charge in [0.05, 0.1) is 13.2 Å². The second-order valence-corrected chi connectivity index (χ2v) is 5.26. The van der Waals surface area contributed by atoms with Crippen LogP contribution in [0.15, 0.2) is 34.7 Å². The Bertz CT molecular complexity index is 511. The highest BCUT2D eigenvalue weighted by molar-refractivity contribution is 5.51. The molecule has 2 rings (SSSR count). The van der Waals surface area contributed by atoms with Gasteiger partial charge in [-0.1, -0.05) is 32.0 Å². The summed E-state index contributed by atoms with van der Waals surface area (Å²) in [5, 5.41) is 20.6. The van der Waals surface area contributed by atoms with Crippen LogP contribution in [0.4, 0.5) is 0 Å². The maximum atomic E-state index is 9.31. The molecule has 0 spiro atoms. The maximum absolute atomic E-state index is 9.31. The van der Waals surface area contributed by atoms with Crippen LogP contribution in [0.3, 0.4) is 0 Å². The van der Waals surface area contributed by atoms with E-state index in [0.29, 0.717) is 24.2 Å². The Labute approximate surface area is 119 Å². The van der Waals surface area contributed by atoms with Gasteiger partial charge in [-0.05, 0) is 24.5 Å². The first kappa shape index (κ1) is 14.7. The van der Waals surface area contributed by atoms with Gasteiger partial charge in [0.15, 0.2) is 0 Å². The highest BCUT2D eigenvalue weighted by Crippen LogP contribution is 2.16. The van der Waals surface area contributed by atoms with Gasteiger partial charge in [-0.3, -0.25) is 0 Å². The van der Waals surface area contributed by atoms with Crippen LogP contribution in [0.5, 0.6) is 0 Å². The SMILES string of the molecule is CC(C)CC(CO)NCc1nnc(-c2ccccc2)o1. The fraction of sp³-hybridized carbons (Fsp3) is 0.467. The van der Waals surface area contributed by atoms with E-state index < -0.39 is 0 Å². The number of rotatable bonds is 7. The molecule has 2 aromatic rings. The van der Waals surface area contributed by atoms with Crippen LogP contribution >= 0.6 is 0 Å². The lowest BCUT2D eigenvalue weighted by atomic mass is 10.0. The third kappa shape index (κ3) is 4.15. The first-order chi connectivity index (χ1) is 9.69. The van der Waals surface area contributed by atoms with Crippen molar-refractivity contribution < 1.29 is 9.52 Å². The van der Waals surface area contributed by atoms with Crippen molar-refractivity contribution in [3.63, 3.8) is 0 Å². The zero-order chi connectivity index (χ0) is 14.4. The smallest absolute Gasteiger partial charge is 0.247 e. The zero-order valence-corrected chi connectivity index (χ0v) is 11.9. The Hall–Kier alpha value is -1.72. The zero-order valence-electron chi connectivity index (χ0n) is 11.9. The largest absolute Gasteiger partial charge is 0.419 e. The summed E-state index contributed by atoms with van der Waals surface area (Å²) in [6.45, 7) is 4.84. The minimum Gasteiger partial charge on any atom is -0.419 e. The van der Waals surface area contributed by atoms with Crippen molar-refractivity contribution in [1.29, 1.82) is 0 Å². The van der Waals surface area contributed by atoms with Gasteiger partial charge in [-0.2, -0.15) is 0 Å². The lowest BCUT2D eigenvalue weighted by Gasteiger charge is -2.16. The summed E-state index contributed by atoms with van der Waals surface area (Å²) < 4.78 is 5.60. The van der Waals surface area contributed by atoms with E-state index in [1.165, 1.54) is 0 Å². The molecule has 20 heavy (non-hydrogen) atoms. The molecule has 1 atom stereocenters. The molecule has 1 unspecified atom stereocenters. The monoisotopic (exact) mass is 275 g/mol. The fourth-order valence-corrected chi connectivity index (χ4v) is 2.05. The molecule has 0 radical (unpaired) electrons. The number of aliphatic hydroxyl groups is 1. The first-order valence-electron chi connectivity index (χ1n) is 6.91. The highest BCUT2D eigenvalue weighted by Gasteiger charge is 2.12. The van der Waals surface area contributed by atoms with Crippen molar-refractivity contribution >= 4 is 0 Å². The van der Waals surface area contributed by atoms with Crippen molar-refractivity contribution in [2.45, 2.75) is 32.9 Å². The third-order valence-corrected chi connectivity index (χ3v) is 3.01. The molecule has 5 nitrogen and oxygen atoms in total. The Morgan fingerprint density at radius 1 is 1.20 bits per heavy atom. The van der Waals surface area contributed by atoms with E-state index in [1.54, 1.807) is 0 Å². The van der Waals surface area contributed by atoms with Crippen molar-refractivity contribution in [3.05, 3.63) is 36.2 Å². The molecule has 0 saturated carbocycles. The quantitative estimate of drug-likeness (QED) is 0.811. The molecule has 1 aromatic carbocycles. The van der Waals surface area contributed by atoms with Crippen LogP contribution < -0.4 is 5.32 Å². The number of nitrogens with zero attached hydrogens (tertiary/aromatic N) is 2. The topological polar surface area (TPSA) is 71.2 Å². The van der Waals surface area contributed by atoms with E-state index in [0.717, 1.165) is 12.0 Å². The molecule has 0 bridgehead atoms. The summed E-state index contributed by atoms with van der Waals surface area (Å²) in [6.07, 6.45) is 0.913. The third-order valence-electron chi connectivity index (χ3n) is 3.01. The molecule has 0 saturated heterocycles. The fourth-order valence-electron chi connectivity index (χ4n) is 2.05. The van der Waals surface area contributed by atoms with E-state index in [1.807, 2.05) is 30.3 Å². The normalized spacial score (nSPS) is 12.8. The lowest BCUT2D eigenvalue weighted by Crippen LogP contribution is -2.33. The van der Waals surface area contributed by atoms with Crippen LogP contribution in [0, 0.1) is 5.92 Å². The van der Waals surface area contributed by atoms with Crippen molar-refractivity contribution in [1.82, 2.24) is 15.5 Å². The minimum absolute atomic E-state index is 0.0575. The van der Waals surface area contributed by atoms with Gasteiger partial charge in [0.25, 0.3) is 0 Å². The number of aromatic nitrogens is 2. The second kappa shape index (κ2) is 7.17. The van der Waals surface area contributed by atoms with Gasteiger partial charge < -0.3 is 14.8 Å². The molecular weight excluding hydrogens is 254 g/mol. The summed E-state index contributed by atoms with van der Waals surface area (Å²) in [5.74, 6) is 1.58. The van der Waals surface area contributed by atoms with E-state index >= 15 is 0 Å². The predicted molar refractivity (Wildman–Crippen MR) is 76.9 cm³/mol. The van der Waals surface area contributed by atoms with Crippen LogP contribution in [0.2, 0.25) is 0 Å². The Kier molecular flexibility index (Phi) is 5.26. The summed E-state index contributed by atoms with van der Waals surface area (Å²) in [7, 11) is 0. The Balaban J connectivity index is 1.93. The van der Waals surface area contributed by atoms with Crippen LogP contribution in [0.1, 0.15) is 26.2 Å². The van der Waals surface area contributed by atoms with Crippen molar-refractivity contribution in [2.75, 3.05) is 6.61 Å². The van der Waals surface area contributed by atoms with Gasteiger partial charge in [0.1, 0.15) is 0 Å². The summed E-state index contributed by atoms with van der Waals surface area (Å²) in [4.78, 5) is 0.